The molecule has 0 saturated carbocycles. The van der Waals surface area contributed by atoms with Gasteiger partial charge in [0.2, 0.25) is 0 Å². The molecule has 0 bridgehead atoms. The SMILES string of the molecule is COc1ccccc1[C@H](C)NC(C)c1ccccc1C. The molecule has 0 heterocycles. The minimum atomic E-state index is 0.237. The van der Waals surface area contributed by atoms with Crippen LogP contribution in [0.2, 0.25) is 0 Å². The van der Waals surface area contributed by atoms with Gasteiger partial charge in [-0.05, 0) is 38.0 Å². The molecule has 0 amide bonds. The Labute approximate surface area is 121 Å². The highest BCUT2D eigenvalue weighted by atomic mass is 16.5. The van der Waals surface area contributed by atoms with Crippen LogP contribution in [0.15, 0.2) is 48.5 Å². The van der Waals surface area contributed by atoms with E-state index in [-0.39, 0.29) is 6.04 Å². The average Bonchev–Trinajstić information content (AvgIpc) is 2.47. The Bertz CT molecular complexity index is 565. The lowest BCUT2D eigenvalue weighted by atomic mass is 10.00. The summed E-state index contributed by atoms with van der Waals surface area (Å²) in [6.07, 6.45) is 0. The maximum atomic E-state index is 5.44. The number of para-hydroxylation sites is 1. The minimum absolute atomic E-state index is 0.237. The third-order valence-corrected chi connectivity index (χ3v) is 3.76. The van der Waals surface area contributed by atoms with Crippen molar-refractivity contribution in [2.24, 2.45) is 0 Å². The van der Waals surface area contributed by atoms with Crippen molar-refractivity contribution in [1.82, 2.24) is 5.32 Å². The lowest BCUT2D eigenvalue weighted by Crippen LogP contribution is -2.23. The van der Waals surface area contributed by atoms with Gasteiger partial charge in [0, 0.05) is 17.6 Å². The van der Waals surface area contributed by atoms with E-state index >= 15 is 0 Å². The first-order valence-electron chi connectivity index (χ1n) is 7.08. The predicted octanol–water partition coefficient (Wildman–Crippen LogP) is 4.42. The summed E-state index contributed by atoms with van der Waals surface area (Å²) in [4.78, 5) is 0. The Morgan fingerprint density at radius 2 is 1.40 bits per heavy atom. The molecular formula is C18H23NO. The topological polar surface area (TPSA) is 21.3 Å². The highest BCUT2D eigenvalue weighted by Crippen LogP contribution is 2.27. The molecule has 2 heteroatoms. The van der Waals surface area contributed by atoms with Crippen LogP contribution in [-0.4, -0.2) is 7.11 Å². The van der Waals surface area contributed by atoms with Gasteiger partial charge in [-0.15, -0.1) is 0 Å². The van der Waals surface area contributed by atoms with Gasteiger partial charge >= 0.3 is 0 Å². The second-order valence-electron chi connectivity index (χ2n) is 5.21. The van der Waals surface area contributed by atoms with Gasteiger partial charge in [0.05, 0.1) is 7.11 Å². The van der Waals surface area contributed by atoms with Gasteiger partial charge in [-0.3, -0.25) is 0 Å². The highest BCUT2D eigenvalue weighted by molar-refractivity contribution is 5.36. The van der Waals surface area contributed by atoms with E-state index in [1.165, 1.54) is 16.7 Å². The molecule has 2 atom stereocenters. The Morgan fingerprint density at radius 1 is 0.850 bits per heavy atom. The van der Waals surface area contributed by atoms with Crippen molar-refractivity contribution >= 4 is 0 Å². The number of hydrogen-bond acceptors (Lipinski definition) is 2. The zero-order valence-corrected chi connectivity index (χ0v) is 12.7. The van der Waals surface area contributed by atoms with Crippen LogP contribution in [0.1, 0.15) is 42.6 Å². The van der Waals surface area contributed by atoms with E-state index in [0.29, 0.717) is 6.04 Å². The standard InChI is InChI=1S/C18H23NO/c1-13-9-5-6-10-16(13)14(2)19-15(3)17-11-7-8-12-18(17)20-4/h5-12,14-15,19H,1-4H3/t14?,15-/m0/s1. The van der Waals surface area contributed by atoms with Crippen molar-refractivity contribution in [3.05, 3.63) is 65.2 Å². The van der Waals surface area contributed by atoms with Crippen molar-refractivity contribution in [3.63, 3.8) is 0 Å². The average molecular weight is 269 g/mol. The highest BCUT2D eigenvalue weighted by Gasteiger charge is 2.15. The van der Waals surface area contributed by atoms with E-state index in [9.17, 15) is 0 Å². The van der Waals surface area contributed by atoms with Gasteiger partial charge in [0.15, 0.2) is 0 Å². The number of hydrogen-bond donors (Lipinski definition) is 1. The summed E-state index contributed by atoms with van der Waals surface area (Å²) >= 11 is 0. The fourth-order valence-electron chi connectivity index (χ4n) is 2.65. The molecule has 2 aromatic rings. The zero-order valence-electron chi connectivity index (χ0n) is 12.7. The van der Waals surface area contributed by atoms with E-state index in [0.717, 1.165) is 5.75 Å². The van der Waals surface area contributed by atoms with E-state index in [1.807, 2.05) is 12.1 Å². The van der Waals surface area contributed by atoms with Crippen LogP contribution in [0.25, 0.3) is 0 Å². The quantitative estimate of drug-likeness (QED) is 0.867. The largest absolute Gasteiger partial charge is 0.496 e. The Hall–Kier alpha value is -1.80. The van der Waals surface area contributed by atoms with Gasteiger partial charge in [-0.2, -0.15) is 0 Å². The molecule has 0 radical (unpaired) electrons. The third kappa shape index (κ3) is 3.20. The number of ether oxygens (including phenoxy) is 1. The molecule has 0 aliphatic carbocycles. The first-order valence-corrected chi connectivity index (χ1v) is 7.08. The third-order valence-electron chi connectivity index (χ3n) is 3.76. The summed E-state index contributed by atoms with van der Waals surface area (Å²) in [7, 11) is 1.72. The fraction of sp³-hybridized carbons (Fsp3) is 0.333. The summed E-state index contributed by atoms with van der Waals surface area (Å²) in [6.45, 7) is 6.53. The molecule has 0 aromatic heterocycles. The summed E-state index contributed by atoms with van der Waals surface area (Å²) in [6, 6.07) is 17.2. The molecular weight excluding hydrogens is 246 g/mol. The lowest BCUT2D eigenvalue weighted by molar-refractivity contribution is 0.396. The maximum absolute atomic E-state index is 5.44. The molecule has 20 heavy (non-hydrogen) atoms. The summed E-state index contributed by atoms with van der Waals surface area (Å²) < 4.78 is 5.44. The molecule has 1 unspecified atom stereocenters. The first-order chi connectivity index (χ1) is 9.63. The molecule has 106 valence electrons. The van der Waals surface area contributed by atoms with E-state index in [2.05, 4.69) is 62.5 Å². The van der Waals surface area contributed by atoms with E-state index < -0.39 is 0 Å². The molecule has 1 N–H and O–H groups in total. The Balaban J connectivity index is 2.15. The van der Waals surface area contributed by atoms with Gasteiger partial charge in [0.1, 0.15) is 5.75 Å². The Morgan fingerprint density at radius 3 is 2.05 bits per heavy atom. The maximum Gasteiger partial charge on any atom is 0.123 e. The molecule has 2 aromatic carbocycles. The van der Waals surface area contributed by atoms with E-state index in [4.69, 9.17) is 4.74 Å². The van der Waals surface area contributed by atoms with Crippen molar-refractivity contribution in [1.29, 1.82) is 0 Å². The molecule has 0 aliphatic heterocycles. The van der Waals surface area contributed by atoms with Crippen LogP contribution in [-0.2, 0) is 0 Å². The van der Waals surface area contributed by atoms with Gasteiger partial charge in [-0.25, -0.2) is 0 Å². The predicted molar refractivity (Wildman–Crippen MR) is 84.1 cm³/mol. The Kier molecular flexibility index (Phi) is 4.80. The van der Waals surface area contributed by atoms with Crippen molar-refractivity contribution in [2.75, 3.05) is 7.11 Å². The van der Waals surface area contributed by atoms with E-state index in [1.54, 1.807) is 7.11 Å². The van der Waals surface area contributed by atoms with Gasteiger partial charge in [0.25, 0.3) is 0 Å². The summed E-state index contributed by atoms with van der Waals surface area (Å²) in [5.41, 5.74) is 3.85. The van der Waals surface area contributed by atoms with Crippen LogP contribution < -0.4 is 10.1 Å². The lowest BCUT2D eigenvalue weighted by Gasteiger charge is -2.23. The zero-order chi connectivity index (χ0) is 14.5. The van der Waals surface area contributed by atoms with Crippen LogP contribution in [0.3, 0.4) is 0 Å². The van der Waals surface area contributed by atoms with Crippen molar-refractivity contribution < 1.29 is 4.74 Å². The molecule has 0 aliphatic rings. The molecule has 0 spiro atoms. The van der Waals surface area contributed by atoms with Crippen molar-refractivity contribution in [3.8, 4) is 5.75 Å². The molecule has 0 fully saturated rings. The smallest absolute Gasteiger partial charge is 0.123 e. The van der Waals surface area contributed by atoms with Crippen LogP contribution in [0.4, 0.5) is 0 Å². The summed E-state index contributed by atoms with van der Waals surface area (Å²) in [5, 5.41) is 3.65. The molecule has 0 saturated heterocycles. The second kappa shape index (κ2) is 6.58. The minimum Gasteiger partial charge on any atom is -0.496 e. The molecule has 2 nitrogen and oxygen atoms in total. The van der Waals surface area contributed by atoms with Crippen LogP contribution >= 0.6 is 0 Å². The summed E-state index contributed by atoms with van der Waals surface area (Å²) in [5.74, 6) is 0.935. The van der Waals surface area contributed by atoms with Gasteiger partial charge in [-0.1, -0.05) is 42.5 Å². The number of nitrogens with one attached hydrogen (secondary N) is 1. The van der Waals surface area contributed by atoms with Crippen LogP contribution in [0, 0.1) is 6.92 Å². The number of methoxy groups -OCH3 is 1. The van der Waals surface area contributed by atoms with Gasteiger partial charge < -0.3 is 10.1 Å². The number of benzene rings is 2. The van der Waals surface area contributed by atoms with Crippen molar-refractivity contribution in [2.45, 2.75) is 32.9 Å². The van der Waals surface area contributed by atoms with Crippen LogP contribution in [0.5, 0.6) is 5.75 Å². The molecule has 2 rings (SSSR count). The monoisotopic (exact) mass is 269 g/mol. The second-order valence-corrected chi connectivity index (χ2v) is 5.21. The fourth-order valence-corrected chi connectivity index (χ4v) is 2.65. The number of rotatable bonds is 5. The normalized spacial score (nSPS) is 13.8. The number of aryl methyl sites for hydroxylation is 1. The first kappa shape index (κ1) is 14.6.